The van der Waals surface area contributed by atoms with Gasteiger partial charge in [-0.2, -0.15) is 0 Å². The number of aliphatic hydroxyl groups is 2. The summed E-state index contributed by atoms with van der Waals surface area (Å²) in [5.74, 6) is 0.572. The number of halogens is 2. The Morgan fingerprint density at radius 2 is 1.93 bits per heavy atom. The van der Waals surface area contributed by atoms with Gasteiger partial charge in [0, 0.05) is 11.9 Å². The van der Waals surface area contributed by atoms with Gasteiger partial charge < -0.3 is 20.3 Å². The second-order valence-corrected chi connectivity index (χ2v) is 7.01. The highest BCUT2D eigenvalue weighted by molar-refractivity contribution is 6.28. The van der Waals surface area contributed by atoms with E-state index in [1.807, 2.05) is 30.3 Å². The van der Waals surface area contributed by atoms with E-state index in [9.17, 15) is 14.6 Å². The summed E-state index contributed by atoms with van der Waals surface area (Å²) in [5.41, 5.74) is 2.13. The van der Waals surface area contributed by atoms with Gasteiger partial charge in [-0.1, -0.05) is 36.4 Å². The zero-order valence-corrected chi connectivity index (χ0v) is 15.6. The third-order valence-electron chi connectivity index (χ3n) is 4.82. The molecule has 1 fully saturated rings. The SMILES string of the molecule is OC[C@H]1OC(c2ccc3c(NCc4ccccc4)nc(Cl)nc3c2)[C@@H](F)[C@@H]1O. The smallest absolute Gasteiger partial charge is 0.224 e. The molecule has 28 heavy (non-hydrogen) atoms. The largest absolute Gasteiger partial charge is 0.394 e. The second-order valence-electron chi connectivity index (χ2n) is 6.67. The highest BCUT2D eigenvalue weighted by Gasteiger charge is 2.44. The molecule has 6 nitrogen and oxygen atoms in total. The molecule has 0 bridgehead atoms. The Morgan fingerprint density at radius 1 is 1.14 bits per heavy atom. The Bertz CT molecular complexity index is 976. The van der Waals surface area contributed by atoms with Crippen LogP contribution in [0.2, 0.25) is 5.28 Å². The standard InChI is InChI=1S/C20H19ClFN3O3/c21-20-24-14-8-12(18-16(22)17(27)15(10-26)28-18)6-7-13(14)19(25-20)23-9-11-4-2-1-3-5-11/h1-8,15-18,26-27H,9-10H2,(H,23,24,25)/t15-,16+,17-,18?/m1/s1. The Balaban J connectivity index is 1.63. The van der Waals surface area contributed by atoms with Crippen molar-refractivity contribution in [1.29, 1.82) is 0 Å². The number of fused-ring (bicyclic) bond motifs is 1. The quantitative estimate of drug-likeness (QED) is 0.568. The fraction of sp³-hybridized carbons (Fsp3) is 0.300. The molecule has 8 heteroatoms. The summed E-state index contributed by atoms with van der Waals surface area (Å²) in [6, 6.07) is 15.0. The molecule has 0 radical (unpaired) electrons. The van der Waals surface area contributed by atoms with E-state index < -0.39 is 31.1 Å². The van der Waals surface area contributed by atoms with E-state index in [1.165, 1.54) is 0 Å². The van der Waals surface area contributed by atoms with Crippen molar-refractivity contribution in [2.45, 2.75) is 31.0 Å². The monoisotopic (exact) mass is 403 g/mol. The molecule has 0 saturated carbocycles. The van der Waals surface area contributed by atoms with Crippen LogP contribution in [0.4, 0.5) is 10.2 Å². The van der Waals surface area contributed by atoms with Crippen LogP contribution in [0.15, 0.2) is 48.5 Å². The Morgan fingerprint density at radius 3 is 2.64 bits per heavy atom. The van der Waals surface area contributed by atoms with Crippen LogP contribution in [0.5, 0.6) is 0 Å². The first kappa shape index (κ1) is 19.0. The third-order valence-corrected chi connectivity index (χ3v) is 4.99. The number of alkyl halides is 1. The van der Waals surface area contributed by atoms with Crippen LogP contribution in [0.25, 0.3) is 10.9 Å². The molecule has 1 saturated heterocycles. The highest BCUT2D eigenvalue weighted by atomic mass is 35.5. The van der Waals surface area contributed by atoms with Gasteiger partial charge in [0.2, 0.25) is 5.28 Å². The van der Waals surface area contributed by atoms with Crippen LogP contribution < -0.4 is 5.32 Å². The van der Waals surface area contributed by atoms with Gasteiger partial charge in [0.25, 0.3) is 0 Å². The summed E-state index contributed by atoms with van der Waals surface area (Å²) in [4.78, 5) is 8.49. The first-order valence-corrected chi connectivity index (χ1v) is 9.28. The number of anilines is 1. The minimum atomic E-state index is -1.64. The second kappa shape index (κ2) is 7.97. The molecule has 4 atom stereocenters. The molecular formula is C20H19ClFN3O3. The van der Waals surface area contributed by atoms with Crippen molar-refractivity contribution in [3.05, 3.63) is 64.9 Å². The molecule has 0 aliphatic carbocycles. The van der Waals surface area contributed by atoms with Crippen LogP contribution in [-0.4, -0.2) is 45.2 Å². The minimum Gasteiger partial charge on any atom is -0.394 e. The van der Waals surface area contributed by atoms with Gasteiger partial charge in [-0.15, -0.1) is 0 Å². The zero-order valence-electron chi connectivity index (χ0n) is 14.8. The summed E-state index contributed by atoms with van der Waals surface area (Å²) in [6.07, 6.45) is -4.94. The predicted octanol–water partition coefficient (Wildman–Crippen LogP) is 3.03. The topological polar surface area (TPSA) is 87.5 Å². The number of hydrogen-bond acceptors (Lipinski definition) is 6. The maximum Gasteiger partial charge on any atom is 0.224 e. The van der Waals surface area contributed by atoms with Crippen molar-refractivity contribution in [1.82, 2.24) is 9.97 Å². The van der Waals surface area contributed by atoms with E-state index in [1.54, 1.807) is 18.2 Å². The molecule has 1 aliphatic heterocycles. The normalized spacial score (nSPS) is 24.6. The van der Waals surface area contributed by atoms with Crippen LogP contribution in [-0.2, 0) is 11.3 Å². The van der Waals surface area contributed by atoms with Crippen molar-refractivity contribution in [3.63, 3.8) is 0 Å². The van der Waals surface area contributed by atoms with Gasteiger partial charge in [-0.25, -0.2) is 14.4 Å². The number of ether oxygens (including phenoxy) is 1. The van der Waals surface area contributed by atoms with Gasteiger partial charge in [0.05, 0.1) is 12.1 Å². The van der Waals surface area contributed by atoms with E-state index in [0.717, 1.165) is 10.9 Å². The molecule has 1 aliphatic rings. The summed E-state index contributed by atoms with van der Waals surface area (Å²) in [5, 5.41) is 23.1. The van der Waals surface area contributed by atoms with Gasteiger partial charge in [0.15, 0.2) is 6.17 Å². The van der Waals surface area contributed by atoms with Gasteiger partial charge in [-0.05, 0) is 34.9 Å². The van der Waals surface area contributed by atoms with Crippen LogP contribution in [0.1, 0.15) is 17.2 Å². The van der Waals surface area contributed by atoms with Gasteiger partial charge >= 0.3 is 0 Å². The summed E-state index contributed by atoms with van der Waals surface area (Å²) in [6.45, 7) is 0.112. The van der Waals surface area contributed by atoms with Crippen molar-refractivity contribution in [3.8, 4) is 0 Å². The highest BCUT2D eigenvalue weighted by Crippen LogP contribution is 2.37. The Hall–Kier alpha value is -2.32. The lowest BCUT2D eigenvalue weighted by atomic mass is 10.0. The fourth-order valence-electron chi connectivity index (χ4n) is 3.35. The van der Waals surface area contributed by atoms with E-state index in [2.05, 4.69) is 15.3 Å². The lowest BCUT2D eigenvalue weighted by Gasteiger charge is -2.15. The molecule has 4 rings (SSSR count). The van der Waals surface area contributed by atoms with Gasteiger partial charge in [0.1, 0.15) is 24.1 Å². The van der Waals surface area contributed by atoms with Crippen molar-refractivity contribution in [2.24, 2.45) is 0 Å². The lowest BCUT2D eigenvalue weighted by Crippen LogP contribution is -2.30. The van der Waals surface area contributed by atoms with Gasteiger partial charge in [-0.3, -0.25) is 0 Å². The molecule has 0 spiro atoms. The lowest BCUT2D eigenvalue weighted by molar-refractivity contribution is -0.0225. The van der Waals surface area contributed by atoms with Crippen LogP contribution in [0.3, 0.4) is 0 Å². The number of rotatable bonds is 5. The molecule has 3 aromatic rings. The van der Waals surface area contributed by atoms with Crippen molar-refractivity contribution >= 4 is 28.3 Å². The molecule has 2 aromatic carbocycles. The van der Waals surface area contributed by atoms with Crippen LogP contribution in [0, 0.1) is 0 Å². The molecule has 146 valence electrons. The number of aliphatic hydroxyl groups excluding tert-OH is 2. The third kappa shape index (κ3) is 3.66. The average Bonchev–Trinajstić information content (AvgIpc) is 3.00. The van der Waals surface area contributed by atoms with E-state index in [4.69, 9.17) is 16.3 Å². The van der Waals surface area contributed by atoms with E-state index in [0.29, 0.717) is 23.4 Å². The van der Waals surface area contributed by atoms with Crippen molar-refractivity contribution < 1.29 is 19.3 Å². The van der Waals surface area contributed by atoms with Crippen molar-refractivity contribution in [2.75, 3.05) is 11.9 Å². The molecule has 0 amide bonds. The molecule has 1 unspecified atom stereocenters. The van der Waals surface area contributed by atoms with E-state index >= 15 is 0 Å². The fourth-order valence-corrected chi connectivity index (χ4v) is 3.53. The number of hydrogen-bond donors (Lipinski definition) is 3. The maximum atomic E-state index is 14.4. The zero-order chi connectivity index (χ0) is 19.7. The molecule has 2 heterocycles. The molecule has 3 N–H and O–H groups in total. The number of nitrogens with one attached hydrogen (secondary N) is 1. The number of aromatic nitrogens is 2. The first-order valence-electron chi connectivity index (χ1n) is 8.90. The number of benzene rings is 2. The van der Waals surface area contributed by atoms with E-state index in [-0.39, 0.29) is 5.28 Å². The number of nitrogens with zero attached hydrogens (tertiary/aromatic N) is 2. The summed E-state index contributed by atoms with van der Waals surface area (Å²) < 4.78 is 19.9. The Kier molecular flexibility index (Phi) is 5.41. The first-order chi connectivity index (χ1) is 13.6. The van der Waals surface area contributed by atoms with Crippen LogP contribution >= 0.6 is 11.6 Å². The predicted molar refractivity (Wildman–Crippen MR) is 104 cm³/mol. The summed E-state index contributed by atoms with van der Waals surface area (Å²) in [7, 11) is 0. The maximum absolute atomic E-state index is 14.4. The minimum absolute atomic E-state index is 0.0672. The summed E-state index contributed by atoms with van der Waals surface area (Å²) >= 11 is 6.07. The molecular weight excluding hydrogens is 385 g/mol. The average molecular weight is 404 g/mol. The Labute approximate surface area is 166 Å². The molecule has 1 aromatic heterocycles.